The predicted molar refractivity (Wildman–Crippen MR) is 58.3 cm³/mol. The molecule has 2 rings (SSSR count). The van der Waals surface area contributed by atoms with Crippen LogP contribution in [0.1, 0.15) is 17.5 Å². The van der Waals surface area contributed by atoms with E-state index in [1.54, 1.807) is 29.1 Å². The molecule has 1 heterocycles. The van der Waals surface area contributed by atoms with Gasteiger partial charge in [0.2, 0.25) is 0 Å². The van der Waals surface area contributed by atoms with Gasteiger partial charge in [-0.05, 0) is 17.7 Å². The largest absolute Gasteiger partial charge is 0.385 e. The van der Waals surface area contributed by atoms with Crippen LogP contribution in [-0.4, -0.2) is 14.7 Å². The van der Waals surface area contributed by atoms with Crippen LogP contribution < -0.4 is 0 Å². The summed E-state index contributed by atoms with van der Waals surface area (Å²) in [4.78, 5) is 4.07. The van der Waals surface area contributed by atoms with Gasteiger partial charge in [0, 0.05) is 25.9 Å². The Morgan fingerprint density at radius 3 is 2.62 bits per heavy atom. The average molecular weight is 220 g/mol. The van der Waals surface area contributed by atoms with Gasteiger partial charge in [-0.1, -0.05) is 12.1 Å². The highest BCUT2D eigenvalue weighted by atomic mass is 19.1. The van der Waals surface area contributed by atoms with Crippen LogP contribution in [0.3, 0.4) is 0 Å². The summed E-state index contributed by atoms with van der Waals surface area (Å²) in [6.45, 7) is 0. The number of nitrogens with zero attached hydrogens (tertiary/aromatic N) is 2. The first-order chi connectivity index (χ1) is 7.66. The van der Waals surface area contributed by atoms with E-state index in [0.717, 1.165) is 5.56 Å². The Hall–Kier alpha value is -1.68. The Balaban J connectivity index is 2.10. The van der Waals surface area contributed by atoms with Gasteiger partial charge in [0.25, 0.3) is 0 Å². The van der Waals surface area contributed by atoms with E-state index in [1.165, 1.54) is 12.1 Å². The highest BCUT2D eigenvalue weighted by Crippen LogP contribution is 2.16. The number of aliphatic hydroxyl groups excluding tert-OH is 1. The van der Waals surface area contributed by atoms with E-state index in [-0.39, 0.29) is 5.82 Å². The van der Waals surface area contributed by atoms with Gasteiger partial charge in [0.1, 0.15) is 17.7 Å². The molecule has 84 valence electrons. The van der Waals surface area contributed by atoms with Crippen LogP contribution in [0.4, 0.5) is 4.39 Å². The smallest absolute Gasteiger partial charge is 0.137 e. The Kier molecular flexibility index (Phi) is 3.01. The number of hydrogen-bond donors (Lipinski definition) is 1. The summed E-state index contributed by atoms with van der Waals surface area (Å²) < 4.78 is 14.5. The number of aromatic nitrogens is 2. The fourth-order valence-electron chi connectivity index (χ4n) is 1.63. The summed E-state index contributed by atoms with van der Waals surface area (Å²) in [7, 11) is 1.83. The second-order valence-corrected chi connectivity index (χ2v) is 3.74. The lowest BCUT2D eigenvalue weighted by atomic mass is 10.1. The molecule has 0 bridgehead atoms. The van der Waals surface area contributed by atoms with E-state index in [2.05, 4.69) is 4.98 Å². The number of halogens is 1. The van der Waals surface area contributed by atoms with E-state index in [1.807, 2.05) is 7.05 Å². The molecule has 4 heteroatoms. The molecule has 3 nitrogen and oxygen atoms in total. The van der Waals surface area contributed by atoms with Gasteiger partial charge >= 0.3 is 0 Å². The summed E-state index contributed by atoms with van der Waals surface area (Å²) in [5, 5.41) is 9.94. The van der Waals surface area contributed by atoms with Gasteiger partial charge < -0.3 is 9.67 Å². The number of benzene rings is 1. The van der Waals surface area contributed by atoms with Crippen LogP contribution in [0.5, 0.6) is 0 Å². The van der Waals surface area contributed by atoms with Crippen molar-refractivity contribution in [2.45, 2.75) is 12.5 Å². The zero-order valence-electron chi connectivity index (χ0n) is 8.97. The third kappa shape index (κ3) is 2.28. The molecule has 1 aromatic carbocycles. The highest BCUT2D eigenvalue weighted by molar-refractivity contribution is 5.18. The van der Waals surface area contributed by atoms with Crippen molar-refractivity contribution in [3.05, 3.63) is 53.9 Å². The van der Waals surface area contributed by atoms with E-state index < -0.39 is 6.10 Å². The number of rotatable bonds is 3. The number of imidazole rings is 1. The monoisotopic (exact) mass is 220 g/mol. The molecule has 0 saturated carbocycles. The van der Waals surface area contributed by atoms with E-state index in [9.17, 15) is 9.50 Å². The standard InChI is InChI=1S/C12H13FN2O/c1-15-7-6-14-12(15)11(16)8-9-2-4-10(13)5-3-9/h2-7,11,16H,8H2,1H3. The number of aliphatic hydroxyl groups is 1. The van der Waals surface area contributed by atoms with Crippen LogP contribution in [0.25, 0.3) is 0 Å². The van der Waals surface area contributed by atoms with Crippen molar-refractivity contribution in [2.75, 3.05) is 0 Å². The molecule has 0 aliphatic heterocycles. The Bertz CT molecular complexity index is 464. The second kappa shape index (κ2) is 4.45. The second-order valence-electron chi connectivity index (χ2n) is 3.74. The number of aryl methyl sites for hydroxylation is 1. The van der Waals surface area contributed by atoms with Crippen LogP contribution in [0.15, 0.2) is 36.7 Å². The van der Waals surface area contributed by atoms with E-state index in [4.69, 9.17) is 0 Å². The fourth-order valence-corrected chi connectivity index (χ4v) is 1.63. The first-order valence-electron chi connectivity index (χ1n) is 5.06. The minimum atomic E-state index is -0.662. The molecule has 1 N–H and O–H groups in total. The number of hydrogen-bond acceptors (Lipinski definition) is 2. The van der Waals surface area contributed by atoms with Crippen molar-refractivity contribution in [1.29, 1.82) is 0 Å². The minimum Gasteiger partial charge on any atom is -0.385 e. The van der Waals surface area contributed by atoms with Crippen molar-refractivity contribution in [2.24, 2.45) is 7.05 Å². The summed E-state index contributed by atoms with van der Waals surface area (Å²) in [5.74, 6) is 0.347. The summed E-state index contributed by atoms with van der Waals surface area (Å²) in [6, 6.07) is 6.12. The zero-order chi connectivity index (χ0) is 11.5. The highest BCUT2D eigenvalue weighted by Gasteiger charge is 2.12. The molecule has 0 aliphatic rings. The quantitative estimate of drug-likeness (QED) is 0.857. The minimum absolute atomic E-state index is 0.268. The SMILES string of the molecule is Cn1ccnc1C(O)Cc1ccc(F)cc1. The molecule has 2 aromatic rings. The first kappa shape index (κ1) is 10.8. The van der Waals surface area contributed by atoms with Crippen molar-refractivity contribution >= 4 is 0 Å². The molecule has 1 unspecified atom stereocenters. The molecular weight excluding hydrogens is 207 g/mol. The van der Waals surface area contributed by atoms with E-state index in [0.29, 0.717) is 12.2 Å². The Morgan fingerprint density at radius 1 is 1.38 bits per heavy atom. The van der Waals surface area contributed by atoms with Gasteiger partial charge in [0.05, 0.1) is 0 Å². The molecule has 0 fully saturated rings. The molecule has 0 radical (unpaired) electrons. The van der Waals surface area contributed by atoms with Crippen molar-refractivity contribution in [3.8, 4) is 0 Å². The maximum Gasteiger partial charge on any atom is 0.137 e. The third-order valence-electron chi connectivity index (χ3n) is 2.50. The fraction of sp³-hybridized carbons (Fsp3) is 0.250. The zero-order valence-corrected chi connectivity index (χ0v) is 8.97. The van der Waals surface area contributed by atoms with Crippen molar-refractivity contribution < 1.29 is 9.50 Å². The van der Waals surface area contributed by atoms with Crippen LogP contribution in [0, 0.1) is 5.82 Å². The van der Waals surface area contributed by atoms with Crippen LogP contribution in [0.2, 0.25) is 0 Å². The summed E-state index contributed by atoms with van der Waals surface area (Å²) in [6.07, 6.45) is 3.20. The van der Waals surface area contributed by atoms with Crippen LogP contribution >= 0.6 is 0 Å². The molecular formula is C12H13FN2O. The van der Waals surface area contributed by atoms with Gasteiger partial charge in [-0.25, -0.2) is 9.37 Å². The molecule has 0 amide bonds. The summed E-state index contributed by atoms with van der Waals surface area (Å²) in [5.41, 5.74) is 0.886. The maximum atomic E-state index is 12.7. The lowest BCUT2D eigenvalue weighted by Crippen LogP contribution is -2.08. The molecule has 0 spiro atoms. The Labute approximate surface area is 93.2 Å². The lowest BCUT2D eigenvalue weighted by Gasteiger charge is -2.10. The van der Waals surface area contributed by atoms with Gasteiger partial charge in [-0.15, -0.1) is 0 Å². The average Bonchev–Trinajstić information content (AvgIpc) is 2.68. The molecule has 1 atom stereocenters. The van der Waals surface area contributed by atoms with Gasteiger partial charge in [-0.2, -0.15) is 0 Å². The normalized spacial score (nSPS) is 12.7. The molecule has 0 aliphatic carbocycles. The van der Waals surface area contributed by atoms with Crippen LogP contribution in [-0.2, 0) is 13.5 Å². The third-order valence-corrected chi connectivity index (χ3v) is 2.50. The topological polar surface area (TPSA) is 38.0 Å². The van der Waals surface area contributed by atoms with Crippen molar-refractivity contribution in [3.63, 3.8) is 0 Å². The van der Waals surface area contributed by atoms with Crippen molar-refractivity contribution in [1.82, 2.24) is 9.55 Å². The molecule has 16 heavy (non-hydrogen) atoms. The first-order valence-corrected chi connectivity index (χ1v) is 5.06. The van der Waals surface area contributed by atoms with Gasteiger partial charge in [-0.3, -0.25) is 0 Å². The molecule has 0 saturated heterocycles. The maximum absolute atomic E-state index is 12.7. The van der Waals surface area contributed by atoms with E-state index >= 15 is 0 Å². The molecule has 1 aromatic heterocycles. The lowest BCUT2D eigenvalue weighted by molar-refractivity contribution is 0.165. The predicted octanol–water partition coefficient (Wildman–Crippen LogP) is 1.84. The Morgan fingerprint density at radius 2 is 2.06 bits per heavy atom. The van der Waals surface area contributed by atoms with Gasteiger partial charge in [0.15, 0.2) is 0 Å². The summed E-state index contributed by atoms with van der Waals surface area (Å²) >= 11 is 0.